The molecule has 0 aliphatic carbocycles. The molecule has 2 heterocycles. The van der Waals surface area contributed by atoms with E-state index < -0.39 is 0 Å². The number of imidazole rings is 1. The fraction of sp³-hybridized carbons (Fsp3) is 0.385. The summed E-state index contributed by atoms with van der Waals surface area (Å²) in [5.74, 6) is 1.74. The number of benzene rings is 2. The molecule has 0 amide bonds. The standard InChI is InChI=1S/C26H32N3O/c1-19(2)23-11-8-12-24(20(3)4)25(23)29-16-15-28(18-29)14-13-22-17-30-26(27-22)21-9-6-5-7-10-21/h5-12,15-16,18-20,22H,13-14,17H2,1-4H3/q+1/t22-/m0/s1. The van der Waals surface area contributed by atoms with E-state index in [1.807, 2.05) is 18.2 Å². The van der Waals surface area contributed by atoms with Crippen LogP contribution in [0.25, 0.3) is 5.69 Å². The molecule has 0 radical (unpaired) electrons. The number of aryl methyl sites for hydroxylation is 1. The van der Waals surface area contributed by atoms with Crippen molar-refractivity contribution in [3.8, 4) is 5.69 Å². The molecule has 0 saturated carbocycles. The summed E-state index contributed by atoms with van der Waals surface area (Å²) in [5.41, 5.74) is 5.18. The Hall–Kier alpha value is -2.88. The van der Waals surface area contributed by atoms with E-state index in [0.717, 1.165) is 24.4 Å². The van der Waals surface area contributed by atoms with Gasteiger partial charge in [0, 0.05) is 23.1 Å². The first-order valence-electron chi connectivity index (χ1n) is 11.0. The third-order valence-electron chi connectivity index (χ3n) is 5.75. The lowest BCUT2D eigenvalue weighted by atomic mass is 9.92. The first kappa shape index (κ1) is 20.4. The van der Waals surface area contributed by atoms with Crippen LogP contribution in [0.3, 0.4) is 0 Å². The molecule has 1 aromatic heterocycles. The van der Waals surface area contributed by atoms with Gasteiger partial charge in [0.1, 0.15) is 24.7 Å². The molecule has 0 saturated heterocycles. The fourth-order valence-corrected chi connectivity index (χ4v) is 4.07. The van der Waals surface area contributed by atoms with E-state index in [1.165, 1.54) is 16.8 Å². The molecule has 2 aromatic carbocycles. The summed E-state index contributed by atoms with van der Waals surface area (Å²) >= 11 is 0. The van der Waals surface area contributed by atoms with E-state index in [-0.39, 0.29) is 6.04 Å². The van der Waals surface area contributed by atoms with Crippen LogP contribution in [0.1, 0.15) is 62.6 Å². The van der Waals surface area contributed by atoms with Crippen molar-refractivity contribution in [2.75, 3.05) is 6.61 Å². The second-order valence-electron chi connectivity index (χ2n) is 8.71. The Morgan fingerprint density at radius 3 is 2.37 bits per heavy atom. The van der Waals surface area contributed by atoms with Crippen LogP contribution in [0.4, 0.5) is 0 Å². The highest BCUT2D eigenvalue weighted by Gasteiger charge is 2.22. The van der Waals surface area contributed by atoms with Gasteiger partial charge in [0.15, 0.2) is 0 Å². The smallest absolute Gasteiger partial charge is 0.248 e. The summed E-state index contributed by atoms with van der Waals surface area (Å²) < 4.78 is 10.4. The molecule has 4 nitrogen and oxygen atoms in total. The first-order valence-corrected chi connectivity index (χ1v) is 11.0. The van der Waals surface area contributed by atoms with Crippen molar-refractivity contribution in [1.82, 2.24) is 4.57 Å². The van der Waals surface area contributed by atoms with Crippen LogP contribution in [-0.2, 0) is 11.3 Å². The van der Waals surface area contributed by atoms with Gasteiger partial charge in [-0.05, 0) is 24.0 Å². The highest BCUT2D eigenvalue weighted by molar-refractivity contribution is 5.95. The topological polar surface area (TPSA) is 30.4 Å². The van der Waals surface area contributed by atoms with Crippen LogP contribution >= 0.6 is 0 Å². The van der Waals surface area contributed by atoms with E-state index >= 15 is 0 Å². The molecule has 1 atom stereocenters. The van der Waals surface area contributed by atoms with Crippen LogP contribution in [0.2, 0.25) is 0 Å². The summed E-state index contributed by atoms with van der Waals surface area (Å²) in [7, 11) is 0. The number of nitrogens with zero attached hydrogens (tertiary/aromatic N) is 3. The molecule has 0 N–H and O–H groups in total. The fourth-order valence-electron chi connectivity index (χ4n) is 4.07. The number of aromatic nitrogens is 2. The summed E-state index contributed by atoms with van der Waals surface area (Å²) in [6, 6.07) is 17.1. The Kier molecular flexibility index (Phi) is 6.03. The summed E-state index contributed by atoms with van der Waals surface area (Å²) in [4.78, 5) is 4.79. The maximum Gasteiger partial charge on any atom is 0.248 e. The minimum atomic E-state index is 0.213. The van der Waals surface area contributed by atoms with Gasteiger partial charge in [-0.1, -0.05) is 64.1 Å². The molecule has 1 aliphatic heterocycles. The predicted octanol–water partition coefficient (Wildman–Crippen LogP) is 5.25. The molecule has 0 bridgehead atoms. The number of hydrogen-bond acceptors (Lipinski definition) is 2. The number of aliphatic imine (C=N–C) groups is 1. The van der Waals surface area contributed by atoms with Crippen LogP contribution < -0.4 is 4.57 Å². The largest absolute Gasteiger partial charge is 0.475 e. The van der Waals surface area contributed by atoms with Crippen LogP contribution in [0.5, 0.6) is 0 Å². The summed E-state index contributed by atoms with van der Waals surface area (Å²) in [5, 5.41) is 0. The molecule has 0 spiro atoms. The Balaban J connectivity index is 1.49. The van der Waals surface area contributed by atoms with Crippen molar-refractivity contribution in [1.29, 1.82) is 0 Å². The molecular formula is C26H32N3O+. The van der Waals surface area contributed by atoms with Crippen molar-refractivity contribution in [2.45, 2.75) is 58.5 Å². The first-order chi connectivity index (χ1) is 14.5. The average Bonchev–Trinajstić information content (AvgIpc) is 3.42. The number of hydrogen-bond donors (Lipinski definition) is 0. The second-order valence-corrected chi connectivity index (χ2v) is 8.71. The highest BCUT2D eigenvalue weighted by Crippen LogP contribution is 2.30. The quantitative estimate of drug-likeness (QED) is 0.497. The van der Waals surface area contributed by atoms with Crippen molar-refractivity contribution in [2.24, 2.45) is 4.99 Å². The van der Waals surface area contributed by atoms with Gasteiger partial charge in [-0.3, -0.25) is 0 Å². The Labute approximate surface area is 179 Å². The SMILES string of the molecule is CC(C)c1cccc(C(C)C)c1-n1cc[n+](CC[C@H]2COC(c3ccccc3)=N2)c1. The molecule has 0 fully saturated rings. The molecule has 0 unspecified atom stereocenters. The lowest BCUT2D eigenvalue weighted by Gasteiger charge is -2.16. The number of ether oxygens (including phenoxy) is 1. The van der Waals surface area contributed by atoms with E-state index in [2.05, 4.69) is 85.9 Å². The van der Waals surface area contributed by atoms with E-state index in [9.17, 15) is 0 Å². The second kappa shape index (κ2) is 8.86. The molecule has 3 aromatic rings. The maximum absolute atomic E-state index is 5.83. The Morgan fingerprint density at radius 2 is 1.70 bits per heavy atom. The van der Waals surface area contributed by atoms with Crippen LogP contribution in [-0.4, -0.2) is 23.1 Å². The predicted molar refractivity (Wildman–Crippen MR) is 121 cm³/mol. The summed E-state index contributed by atoms with van der Waals surface area (Å²) in [6.45, 7) is 10.7. The number of para-hydroxylation sites is 1. The normalized spacial score (nSPS) is 16.2. The monoisotopic (exact) mass is 402 g/mol. The average molecular weight is 403 g/mol. The van der Waals surface area contributed by atoms with Gasteiger partial charge < -0.3 is 4.74 Å². The minimum absolute atomic E-state index is 0.213. The Morgan fingerprint density at radius 1 is 1.00 bits per heavy atom. The molecule has 4 heteroatoms. The van der Waals surface area contributed by atoms with Crippen LogP contribution in [0, 0.1) is 0 Å². The van der Waals surface area contributed by atoms with Gasteiger partial charge in [0.05, 0.1) is 12.6 Å². The third-order valence-corrected chi connectivity index (χ3v) is 5.75. The van der Waals surface area contributed by atoms with Gasteiger partial charge in [0.25, 0.3) is 0 Å². The van der Waals surface area contributed by atoms with Crippen molar-refractivity contribution in [3.05, 3.63) is 83.9 Å². The third kappa shape index (κ3) is 4.33. The van der Waals surface area contributed by atoms with Crippen molar-refractivity contribution in [3.63, 3.8) is 0 Å². The summed E-state index contributed by atoms with van der Waals surface area (Å²) in [6.07, 6.45) is 7.52. The van der Waals surface area contributed by atoms with Gasteiger partial charge in [-0.2, -0.15) is 0 Å². The van der Waals surface area contributed by atoms with E-state index in [4.69, 9.17) is 9.73 Å². The van der Waals surface area contributed by atoms with Gasteiger partial charge in [-0.15, -0.1) is 0 Å². The highest BCUT2D eigenvalue weighted by atomic mass is 16.5. The molecule has 4 rings (SSSR count). The number of rotatable bonds is 7. The van der Waals surface area contributed by atoms with Crippen LogP contribution in [0.15, 0.2) is 72.2 Å². The van der Waals surface area contributed by atoms with Crippen molar-refractivity contribution >= 4 is 5.90 Å². The zero-order valence-electron chi connectivity index (χ0n) is 18.5. The Bertz CT molecular complexity index is 992. The van der Waals surface area contributed by atoms with E-state index in [1.54, 1.807) is 0 Å². The zero-order valence-corrected chi connectivity index (χ0v) is 18.5. The molecule has 1 aliphatic rings. The molecular weight excluding hydrogens is 370 g/mol. The maximum atomic E-state index is 5.83. The molecule has 30 heavy (non-hydrogen) atoms. The minimum Gasteiger partial charge on any atom is -0.475 e. The van der Waals surface area contributed by atoms with E-state index in [0.29, 0.717) is 18.4 Å². The van der Waals surface area contributed by atoms with Gasteiger partial charge in [-0.25, -0.2) is 14.1 Å². The molecule has 156 valence electrons. The lowest BCUT2D eigenvalue weighted by molar-refractivity contribution is -0.696. The lowest BCUT2D eigenvalue weighted by Crippen LogP contribution is -2.33. The zero-order chi connectivity index (χ0) is 21.1. The van der Waals surface area contributed by atoms with Crippen molar-refractivity contribution < 1.29 is 9.30 Å². The van der Waals surface area contributed by atoms with Gasteiger partial charge >= 0.3 is 0 Å². The van der Waals surface area contributed by atoms with Gasteiger partial charge in [0.2, 0.25) is 12.2 Å².